The lowest BCUT2D eigenvalue weighted by Gasteiger charge is -2.38. The van der Waals surface area contributed by atoms with Gasteiger partial charge in [0.2, 0.25) is 6.23 Å². The highest BCUT2D eigenvalue weighted by molar-refractivity contribution is 9.10. The molecule has 152 valence electrons. The number of para-hydroxylation sites is 1. The highest BCUT2D eigenvalue weighted by atomic mass is 79.9. The van der Waals surface area contributed by atoms with Crippen LogP contribution in [-0.4, -0.2) is 24.9 Å². The molecule has 0 fully saturated rings. The molecular weight excluding hydrogens is 444 g/mol. The molecule has 0 N–H and O–H groups in total. The molecule has 0 radical (unpaired) electrons. The summed E-state index contributed by atoms with van der Waals surface area (Å²) in [5.74, 6) is 2.37. The molecular formula is C24H21BrN2O3. The van der Waals surface area contributed by atoms with Crippen LogP contribution >= 0.6 is 15.9 Å². The fraction of sp³-hybridized carbons (Fsp3) is 0.208. The summed E-state index contributed by atoms with van der Waals surface area (Å²) in [6.45, 7) is 0. The summed E-state index contributed by atoms with van der Waals surface area (Å²) in [6.07, 6.45) is 0.396. The minimum absolute atomic E-state index is 0.0921. The molecule has 0 amide bonds. The minimum Gasteiger partial charge on any atom is -0.497 e. The van der Waals surface area contributed by atoms with Crippen molar-refractivity contribution in [3.8, 4) is 17.2 Å². The Kier molecular flexibility index (Phi) is 4.87. The van der Waals surface area contributed by atoms with Gasteiger partial charge in [-0.3, -0.25) is 0 Å². The van der Waals surface area contributed by atoms with Crippen LogP contribution in [0.25, 0.3) is 0 Å². The second-order valence-electron chi connectivity index (χ2n) is 7.27. The van der Waals surface area contributed by atoms with E-state index >= 15 is 0 Å². The van der Waals surface area contributed by atoms with Gasteiger partial charge >= 0.3 is 0 Å². The third-order valence-electron chi connectivity index (χ3n) is 5.58. The number of benzene rings is 3. The van der Waals surface area contributed by atoms with Gasteiger partial charge in [0.1, 0.15) is 17.2 Å². The first-order valence-corrected chi connectivity index (χ1v) is 10.6. The maximum atomic E-state index is 6.45. The summed E-state index contributed by atoms with van der Waals surface area (Å²) in [4.78, 5) is 0. The zero-order valence-corrected chi connectivity index (χ0v) is 18.3. The lowest BCUT2D eigenvalue weighted by atomic mass is 9.96. The summed E-state index contributed by atoms with van der Waals surface area (Å²) < 4.78 is 18.6. The first-order valence-electron chi connectivity index (χ1n) is 9.77. The van der Waals surface area contributed by atoms with Gasteiger partial charge in [-0.15, -0.1) is 0 Å². The van der Waals surface area contributed by atoms with Gasteiger partial charge in [-0.05, 0) is 42.0 Å². The van der Waals surface area contributed by atoms with Crippen molar-refractivity contribution in [1.29, 1.82) is 0 Å². The fourth-order valence-corrected chi connectivity index (χ4v) is 4.35. The van der Waals surface area contributed by atoms with Gasteiger partial charge < -0.3 is 14.2 Å². The SMILES string of the molecule is COc1ccc(OC)c([C@@H]2Oc3ccccc3[C@H]3CC(c4ccc(Br)cc4)=NN32)c1. The molecule has 0 unspecified atom stereocenters. The lowest BCUT2D eigenvalue weighted by molar-refractivity contribution is -0.0204. The Bertz CT molecular complexity index is 1110. The van der Waals surface area contributed by atoms with E-state index in [4.69, 9.17) is 19.3 Å². The molecule has 6 heteroatoms. The number of rotatable bonds is 4. The summed E-state index contributed by atoms with van der Waals surface area (Å²) in [6, 6.07) is 22.3. The van der Waals surface area contributed by atoms with Crippen molar-refractivity contribution in [3.63, 3.8) is 0 Å². The topological polar surface area (TPSA) is 43.3 Å². The Hall–Kier alpha value is -2.99. The second-order valence-corrected chi connectivity index (χ2v) is 8.19. The van der Waals surface area contributed by atoms with Crippen molar-refractivity contribution in [2.45, 2.75) is 18.7 Å². The highest BCUT2D eigenvalue weighted by Gasteiger charge is 2.42. The van der Waals surface area contributed by atoms with E-state index in [1.807, 2.05) is 48.5 Å². The largest absolute Gasteiger partial charge is 0.497 e. The number of hydrogen-bond acceptors (Lipinski definition) is 5. The molecule has 5 rings (SSSR count). The Labute approximate surface area is 184 Å². The molecule has 2 heterocycles. The molecule has 3 aromatic rings. The van der Waals surface area contributed by atoms with Gasteiger partial charge in [0, 0.05) is 16.5 Å². The van der Waals surface area contributed by atoms with E-state index in [0.717, 1.165) is 50.5 Å². The third-order valence-corrected chi connectivity index (χ3v) is 6.11. The van der Waals surface area contributed by atoms with E-state index in [-0.39, 0.29) is 6.04 Å². The van der Waals surface area contributed by atoms with E-state index in [0.29, 0.717) is 0 Å². The zero-order chi connectivity index (χ0) is 20.7. The molecule has 0 aliphatic carbocycles. The average molecular weight is 465 g/mol. The van der Waals surface area contributed by atoms with Gasteiger partial charge in [0.15, 0.2) is 0 Å². The number of ether oxygens (including phenoxy) is 3. The standard InChI is InChI=1S/C24H21BrN2O3/c1-28-17-11-12-22(29-2)19(13-17)24-27-21(18-5-3-4-6-23(18)30-24)14-20(26-27)15-7-9-16(25)10-8-15/h3-13,21,24H,14H2,1-2H3/t21-,24+/m1/s1. The number of halogens is 1. The minimum atomic E-state index is -0.414. The Morgan fingerprint density at radius 3 is 2.53 bits per heavy atom. The number of methoxy groups -OCH3 is 2. The number of hydrogen-bond donors (Lipinski definition) is 0. The van der Waals surface area contributed by atoms with Crippen molar-refractivity contribution in [2.75, 3.05) is 14.2 Å². The lowest BCUT2D eigenvalue weighted by Crippen LogP contribution is -2.33. The van der Waals surface area contributed by atoms with Crippen LogP contribution in [0.15, 0.2) is 76.3 Å². The summed E-state index contributed by atoms with van der Waals surface area (Å²) >= 11 is 3.51. The summed E-state index contributed by atoms with van der Waals surface area (Å²) in [5.41, 5.74) is 4.18. The molecule has 0 saturated carbocycles. The van der Waals surface area contributed by atoms with Crippen molar-refractivity contribution < 1.29 is 14.2 Å². The number of fused-ring (bicyclic) bond motifs is 3. The van der Waals surface area contributed by atoms with E-state index in [1.54, 1.807) is 14.2 Å². The number of hydrazone groups is 1. The Morgan fingerprint density at radius 2 is 1.77 bits per heavy atom. The normalized spacial score (nSPS) is 19.4. The maximum Gasteiger partial charge on any atom is 0.217 e. The molecule has 2 atom stereocenters. The van der Waals surface area contributed by atoms with Crippen LogP contribution in [-0.2, 0) is 0 Å². The van der Waals surface area contributed by atoms with Crippen LogP contribution in [0.1, 0.15) is 35.4 Å². The number of nitrogens with zero attached hydrogens (tertiary/aromatic N) is 2. The third kappa shape index (κ3) is 3.21. The van der Waals surface area contributed by atoms with Crippen LogP contribution in [0.5, 0.6) is 17.2 Å². The molecule has 5 nitrogen and oxygen atoms in total. The van der Waals surface area contributed by atoms with Crippen LogP contribution in [0.2, 0.25) is 0 Å². The fourth-order valence-electron chi connectivity index (χ4n) is 4.09. The molecule has 3 aromatic carbocycles. The molecule has 0 aromatic heterocycles. The van der Waals surface area contributed by atoms with Gasteiger partial charge in [-0.25, -0.2) is 5.01 Å². The van der Waals surface area contributed by atoms with Crippen molar-refractivity contribution in [2.24, 2.45) is 5.10 Å². The monoisotopic (exact) mass is 464 g/mol. The molecule has 0 spiro atoms. The molecule has 30 heavy (non-hydrogen) atoms. The van der Waals surface area contributed by atoms with Crippen molar-refractivity contribution >= 4 is 21.6 Å². The van der Waals surface area contributed by atoms with E-state index in [2.05, 4.69) is 39.1 Å². The second kappa shape index (κ2) is 7.69. The van der Waals surface area contributed by atoms with Crippen LogP contribution in [0, 0.1) is 0 Å². The van der Waals surface area contributed by atoms with Gasteiger partial charge in [0.05, 0.1) is 31.5 Å². The van der Waals surface area contributed by atoms with Crippen molar-refractivity contribution in [1.82, 2.24) is 5.01 Å². The summed E-state index contributed by atoms with van der Waals surface area (Å²) in [5, 5.41) is 7.06. The van der Waals surface area contributed by atoms with Gasteiger partial charge in [-0.2, -0.15) is 5.10 Å². The smallest absolute Gasteiger partial charge is 0.217 e. The highest BCUT2D eigenvalue weighted by Crippen LogP contribution is 2.49. The van der Waals surface area contributed by atoms with Gasteiger partial charge in [0.25, 0.3) is 0 Å². The summed E-state index contributed by atoms with van der Waals surface area (Å²) in [7, 11) is 3.32. The first-order chi connectivity index (χ1) is 14.7. The Morgan fingerprint density at radius 1 is 0.967 bits per heavy atom. The average Bonchev–Trinajstić information content (AvgIpc) is 3.24. The molecule has 0 saturated heterocycles. The molecule has 2 aliphatic heterocycles. The first kappa shape index (κ1) is 19.0. The van der Waals surface area contributed by atoms with E-state index in [9.17, 15) is 0 Å². The van der Waals surface area contributed by atoms with E-state index in [1.165, 1.54) is 0 Å². The van der Waals surface area contributed by atoms with Crippen LogP contribution in [0.4, 0.5) is 0 Å². The predicted octanol–water partition coefficient (Wildman–Crippen LogP) is 5.71. The Balaban J connectivity index is 1.62. The quantitative estimate of drug-likeness (QED) is 0.495. The van der Waals surface area contributed by atoms with E-state index < -0.39 is 6.23 Å². The maximum absolute atomic E-state index is 6.45. The molecule has 0 bridgehead atoms. The zero-order valence-electron chi connectivity index (χ0n) is 16.7. The predicted molar refractivity (Wildman–Crippen MR) is 119 cm³/mol. The van der Waals surface area contributed by atoms with Gasteiger partial charge in [-0.1, -0.05) is 46.3 Å². The van der Waals surface area contributed by atoms with Crippen LogP contribution in [0.3, 0.4) is 0 Å². The molecule has 2 aliphatic rings. The van der Waals surface area contributed by atoms with Crippen LogP contribution < -0.4 is 14.2 Å². The van der Waals surface area contributed by atoms with Crippen molar-refractivity contribution in [3.05, 3.63) is 87.9 Å².